The molecule has 0 N–H and O–H groups in total. The Balaban J connectivity index is 1.85. The number of carbonyl (C=O) groups is 1. The van der Waals surface area contributed by atoms with Crippen molar-refractivity contribution in [2.75, 3.05) is 4.90 Å². The van der Waals surface area contributed by atoms with Crippen LogP contribution in [0, 0.1) is 0 Å². The minimum absolute atomic E-state index is 0.00833. The zero-order valence-electron chi connectivity index (χ0n) is 14.9. The van der Waals surface area contributed by atoms with Crippen LogP contribution in [0.1, 0.15) is 11.1 Å². The van der Waals surface area contributed by atoms with Gasteiger partial charge in [-0.2, -0.15) is 8.78 Å². The van der Waals surface area contributed by atoms with Crippen LogP contribution in [0.5, 0.6) is 5.75 Å². The van der Waals surface area contributed by atoms with Crippen molar-refractivity contribution in [1.29, 1.82) is 0 Å². The average Bonchev–Trinajstić information content (AvgIpc) is 2.72. The lowest BCUT2D eigenvalue weighted by Crippen LogP contribution is -2.29. The first kappa shape index (κ1) is 19.2. The molecule has 3 aromatic rings. The summed E-state index contributed by atoms with van der Waals surface area (Å²) in [6, 6.07) is 21.1. The molecule has 3 rings (SSSR count). The Bertz CT molecular complexity index is 932. The van der Waals surface area contributed by atoms with Crippen LogP contribution in [0.15, 0.2) is 85.1 Å². The number of rotatable bonds is 7. The van der Waals surface area contributed by atoms with E-state index in [2.05, 4.69) is 9.72 Å². The summed E-state index contributed by atoms with van der Waals surface area (Å²) in [5, 5.41) is 0. The SMILES string of the molecule is O=C(/C=C/c1ccccc1OC(F)F)N(Cc1ccccc1)c1ccccn1. The van der Waals surface area contributed by atoms with Crippen molar-refractivity contribution in [3.05, 3.63) is 96.2 Å². The van der Waals surface area contributed by atoms with Gasteiger partial charge >= 0.3 is 6.61 Å². The zero-order valence-corrected chi connectivity index (χ0v) is 14.9. The number of benzene rings is 2. The Labute approximate surface area is 161 Å². The van der Waals surface area contributed by atoms with Gasteiger partial charge in [-0.1, -0.05) is 54.6 Å². The van der Waals surface area contributed by atoms with Gasteiger partial charge in [0.1, 0.15) is 11.6 Å². The lowest BCUT2D eigenvalue weighted by molar-refractivity contribution is -0.114. The molecule has 142 valence electrons. The number of pyridine rings is 1. The van der Waals surface area contributed by atoms with Crippen LogP contribution in [0.25, 0.3) is 6.08 Å². The third kappa shape index (κ3) is 5.23. The van der Waals surface area contributed by atoms with Crippen molar-refractivity contribution in [1.82, 2.24) is 4.98 Å². The Morgan fingerprint density at radius 2 is 1.71 bits per heavy atom. The Morgan fingerprint density at radius 1 is 1.00 bits per heavy atom. The summed E-state index contributed by atoms with van der Waals surface area (Å²) >= 11 is 0. The predicted octanol–water partition coefficient (Wildman–Crippen LogP) is 4.93. The number of amides is 1. The zero-order chi connectivity index (χ0) is 19.8. The predicted molar refractivity (Wildman–Crippen MR) is 104 cm³/mol. The molecular formula is C22H18F2N2O2. The Morgan fingerprint density at radius 3 is 2.43 bits per heavy atom. The maximum atomic E-state index is 12.9. The number of ether oxygens (including phenoxy) is 1. The molecule has 6 heteroatoms. The van der Waals surface area contributed by atoms with E-state index >= 15 is 0 Å². The number of alkyl halides is 2. The van der Waals surface area contributed by atoms with Crippen molar-refractivity contribution in [3.8, 4) is 5.75 Å². The number of carbonyl (C=O) groups excluding carboxylic acids is 1. The molecule has 28 heavy (non-hydrogen) atoms. The third-order valence-electron chi connectivity index (χ3n) is 3.92. The topological polar surface area (TPSA) is 42.4 Å². The summed E-state index contributed by atoms with van der Waals surface area (Å²) < 4.78 is 29.6. The molecule has 0 unspecified atom stereocenters. The van der Waals surface area contributed by atoms with E-state index in [1.54, 1.807) is 42.6 Å². The van der Waals surface area contributed by atoms with Gasteiger partial charge < -0.3 is 4.74 Å². The van der Waals surface area contributed by atoms with Gasteiger partial charge in [0.15, 0.2) is 0 Å². The number of nitrogens with zero attached hydrogens (tertiary/aromatic N) is 2. The molecule has 1 heterocycles. The molecule has 0 bridgehead atoms. The van der Waals surface area contributed by atoms with Crippen molar-refractivity contribution in [2.45, 2.75) is 13.2 Å². The second-order valence-corrected chi connectivity index (χ2v) is 5.85. The minimum Gasteiger partial charge on any atom is -0.434 e. The van der Waals surface area contributed by atoms with Gasteiger partial charge in [0, 0.05) is 17.8 Å². The number of halogens is 2. The normalized spacial score (nSPS) is 11.0. The summed E-state index contributed by atoms with van der Waals surface area (Å²) in [5.74, 6) is 0.182. The molecule has 4 nitrogen and oxygen atoms in total. The first-order valence-electron chi connectivity index (χ1n) is 8.62. The van der Waals surface area contributed by atoms with E-state index in [0.29, 0.717) is 17.9 Å². The van der Waals surface area contributed by atoms with Crippen LogP contribution >= 0.6 is 0 Å². The smallest absolute Gasteiger partial charge is 0.387 e. The molecule has 1 amide bonds. The molecule has 0 aliphatic carbocycles. The highest BCUT2D eigenvalue weighted by atomic mass is 19.3. The van der Waals surface area contributed by atoms with Gasteiger partial charge in [0.05, 0.1) is 6.54 Å². The molecule has 2 aromatic carbocycles. The van der Waals surface area contributed by atoms with Crippen molar-refractivity contribution >= 4 is 17.8 Å². The molecule has 1 aromatic heterocycles. The van der Waals surface area contributed by atoms with Gasteiger partial charge in [-0.05, 0) is 29.8 Å². The maximum Gasteiger partial charge on any atom is 0.387 e. The third-order valence-corrected chi connectivity index (χ3v) is 3.92. The number of aromatic nitrogens is 1. The standard InChI is InChI=1S/C22H18F2N2O2/c23-22(24)28-19-11-5-4-10-18(19)13-14-21(27)26(20-12-6-7-15-25-20)16-17-8-2-1-3-9-17/h1-15,22H,16H2/b14-13+. The summed E-state index contributed by atoms with van der Waals surface area (Å²) in [6.07, 6.45) is 4.39. The maximum absolute atomic E-state index is 12.9. The first-order chi connectivity index (χ1) is 13.6. The van der Waals surface area contributed by atoms with Crippen LogP contribution in [-0.2, 0) is 11.3 Å². The van der Waals surface area contributed by atoms with Crippen LogP contribution in [0.3, 0.4) is 0 Å². The molecule has 0 aliphatic heterocycles. The quantitative estimate of drug-likeness (QED) is 0.546. The van der Waals surface area contributed by atoms with Gasteiger partial charge in [-0.3, -0.25) is 9.69 Å². The highest BCUT2D eigenvalue weighted by molar-refractivity contribution is 6.03. The highest BCUT2D eigenvalue weighted by Gasteiger charge is 2.15. The Kier molecular flexibility index (Phi) is 6.46. The number of hydrogen-bond acceptors (Lipinski definition) is 3. The van der Waals surface area contributed by atoms with E-state index in [9.17, 15) is 13.6 Å². The van der Waals surface area contributed by atoms with E-state index < -0.39 is 6.61 Å². The van der Waals surface area contributed by atoms with Crippen LogP contribution < -0.4 is 9.64 Å². The number of para-hydroxylation sites is 1. The largest absolute Gasteiger partial charge is 0.434 e. The van der Waals surface area contributed by atoms with Crippen molar-refractivity contribution < 1.29 is 18.3 Å². The lowest BCUT2D eigenvalue weighted by atomic mass is 10.1. The fourth-order valence-electron chi connectivity index (χ4n) is 2.62. The molecule has 0 saturated heterocycles. The van der Waals surface area contributed by atoms with Gasteiger partial charge in [0.2, 0.25) is 0 Å². The molecule has 0 atom stereocenters. The van der Waals surface area contributed by atoms with Crippen LogP contribution in [0.2, 0.25) is 0 Å². The molecule has 0 saturated carbocycles. The Hall–Kier alpha value is -3.54. The monoisotopic (exact) mass is 380 g/mol. The van der Waals surface area contributed by atoms with Gasteiger partial charge in [-0.15, -0.1) is 0 Å². The fourth-order valence-corrected chi connectivity index (χ4v) is 2.62. The number of hydrogen-bond donors (Lipinski definition) is 0. The number of anilines is 1. The van der Waals surface area contributed by atoms with E-state index in [-0.39, 0.29) is 11.7 Å². The summed E-state index contributed by atoms with van der Waals surface area (Å²) in [4.78, 5) is 18.6. The minimum atomic E-state index is -2.94. The molecule has 0 aliphatic rings. The first-order valence-corrected chi connectivity index (χ1v) is 8.62. The van der Waals surface area contributed by atoms with Crippen LogP contribution in [-0.4, -0.2) is 17.5 Å². The van der Waals surface area contributed by atoms with E-state index in [4.69, 9.17) is 0 Å². The molecular weight excluding hydrogens is 362 g/mol. The van der Waals surface area contributed by atoms with E-state index in [1.165, 1.54) is 23.1 Å². The molecule has 0 spiro atoms. The van der Waals surface area contributed by atoms with Crippen molar-refractivity contribution in [3.63, 3.8) is 0 Å². The summed E-state index contributed by atoms with van der Waals surface area (Å²) in [5.41, 5.74) is 1.33. The fraction of sp³-hybridized carbons (Fsp3) is 0.0909. The molecule has 0 radical (unpaired) electrons. The second-order valence-electron chi connectivity index (χ2n) is 5.85. The molecule has 0 fully saturated rings. The highest BCUT2D eigenvalue weighted by Crippen LogP contribution is 2.22. The lowest BCUT2D eigenvalue weighted by Gasteiger charge is -2.20. The van der Waals surface area contributed by atoms with Gasteiger partial charge in [0.25, 0.3) is 5.91 Å². The van der Waals surface area contributed by atoms with E-state index in [0.717, 1.165) is 5.56 Å². The van der Waals surface area contributed by atoms with E-state index in [1.807, 2.05) is 30.3 Å². The second kappa shape index (κ2) is 9.41. The summed E-state index contributed by atoms with van der Waals surface area (Å²) in [6.45, 7) is -2.61. The average molecular weight is 380 g/mol. The van der Waals surface area contributed by atoms with Crippen LogP contribution in [0.4, 0.5) is 14.6 Å². The van der Waals surface area contributed by atoms with Gasteiger partial charge in [-0.25, -0.2) is 4.98 Å². The van der Waals surface area contributed by atoms with Crippen molar-refractivity contribution in [2.24, 2.45) is 0 Å². The summed E-state index contributed by atoms with van der Waals surface area (Å²) in [7, 11) is 0.